The lowest BCUT2D eigenvalue weighted by molar-refractivity contribution is -0.142. The van der Waals surface area contributed by atoms with Crippen molar-refractivity contribution in [3.05, 3.63) is 35.9 Å². The van der Waals surface area contributed by atoms with E-state index in [9.17, 15) is 4.79 Å². The van der Waals surface area contributed by atoms with Gasteiger partial charge in [-0.05, 0) is 31.1 Å². The molecule has 21 heavy (non-hydrogen) atoms. The van der Waals surface area contributed by atoms with Crippen molar-refractivity contribution in [3.8, 4) is 0 Å². The summed E-state index contributed by atoms with van der Waals surface area (Å²) in [6.07, 6.45) is 0.851. The second kappa shape index (κ2) is 10.1. The molecule has 0 bridgehead atoms. The maximum absolute atomic E-state index is 11.9. The van der Waals surface area contributed by atoms with Crippen LogP contribution >= 0.6 is 12.2 Å². The fourth-order valence-electron chi connectivity index (χ4n) is 1.74. The predicted octanol–water partition coefficient (Wildman–Crippen LogP) is 1.79. The third kappa shape index (κ3) is 6.55. The number of rotatable bonds is 8. The minimum atomic E-state index is -0.608. The van der Waals surface area contributed by atoms with Crippen LogP contribution in [0.2, 0.25) is 0 Å². The van der Waals surface area contributed by atoms with Crippen molar-refractivity contribution in [2.24, 2.45) is 0 Å². The molecule has 0 aromatic heterocycles. The van der Waals surface area contributed by atoms with E-state index in [2.05, 4.69) is 10.6 Å². The highest BCUT2D eigenvalue weighted by molar-refractivity contribution is 7.80. The second-order valence-electron chi connectivity index (χ2n) is 4.32. The fraction of sp³-hybridized carbons (Fsp3) is 0.467. The number of benzene rings is 1. The van der Waals surface area contributed by atoms with Crippen molar-refractivity contribution in [2.75, 3.05) is 26.9 Å². The Morgan fingerprint density at radius 1 is 1.33 bits per heavy atom. The molecule has 1 atom stereocenters. The minimum absolute atomic E-state index is 0.375. The third-order valence-corrected chi connectivity index (χ3v) is 3.06. The van der Waals surface area contributed by atoms with Gasteiger partial charge in [0.25, 0.3) is 0 Å². The highest BCUT2D eigenvalue weighted by Gasteiger charge is 2.21. The summed E-state index contributed by atoms with van der Waals surface area (Å²) in [6, 6.07) is 8.72. The molecule has 5 nitrogen and oxygen atoms in total. The summed E-state index contributed by atoms with van der Waals surface area (Å²) in [5, 5.41) is 6.46. The van der Waals surface area contributed by atoms with Crippen molar-refractivity contribution >= 4 is 23.3 Å². The van der Waals surface area contributed by atoms with E-state index in [1.54, 1.807) is 0 Å². The van der Waals surface area contributed by atoms with E-state index in [0.717, 1.165) is 12.0 Å². The number of thiocarbonyl (C=S) groups is 1. The smallest absolute Gasteiger partial charge is 0.333 e. The van der Waals surface area contributed by atoms with E-state index in [4.69, 9.17) is 21.7 Å². The molecule has 0 saturated heterocycles. The van der Waals surface area contributed by atoms with Crippen LogP contribution < -0.4 is 10.6 Å². The standard InChI is InChI=1S/C15H22N2O3S/c1-3-20-11-7-10-16-15(21)17-13(14(18)19-2)12-8-5-4-6-9-12/h4-6,8-9,13H,3,7,10-11H2,1-2H3,(H2,16,17,21). The summed E-state index contributed by atoms with van der Waals surface area (Å²) in [5.41, 5.74) is 0.808. The van der Waals surface area contributed by atoms with E-state index < -0.39 is 6.04 Å². The Morgan fingerprint density at radius 3 is 2.67 bits per heavy atom. The molecule has 1 rings (SSSR count). The van der Waals surface area contributed by atoms with Gasteiger partial charge in [0.2, 0.25) is 0 Å². The lowest BCUT2D eigenvalue weighted by Gasteiger charge is -2.19. The summed E-state index contributed by atoms with van der Waals surface area (Å²) < 4.78 is 10.1. The molecular weight excluding hydrogens is 288 g/mol. The Bertz CT molecular complexity index is 440. The molecule has 0 fully saturated rings. The van der Waals surface area contributed by atoms with Crippen molar-refractivity contribution in [1.29, 1.82) is 0 Å². The zero-order chi connectivity index (χ0) is 15.5. The van der Waals surface area contributed by atoms with Crippen LogP contribution in [0.1, 0.15) is 24.9 Å². The van der Waals surface area contributed by atoms with Gasteiger partial charge < -0.3 is 20.1 Å². The first-order valence-electron chi connectivity index (χ1n) is 6.94. The van der Waals surface area contributed by atoms with Gasteiger partial charge in [0.1, 0.15) is 0 Å². The molecular formula is C15H22N2O3S. The molecule has 0 amide bonds. The molecule has 0 aliphatic rings. The highest BCUT2D eigenvalue weighted by atomic mass is 32.1. The molecule has 1 aromatic rings. The third-order valence-electron chi connectivity index (χ3n) is 2.80. The van der Waals surface area contributed by atoms with E-state index in [-0.39, 0.29) is 5.97 Å². The molecule has 0 aliphatic heterocycles. The second-order valence-corrected chi connectivity index (χ2v) is 4.73. The normalized spacial score (nSPS) is 11.5. The SMILES string of the molecule is CCOCCCNC(=S)NC(C(=O)OC)c1ccccc1. The maximum atomic E-state index is 11.9. The van der Waals surface area contributed by atoms with Gasteiger partial charge in [-0.2, -0.15) is 0 Å². The van der Waals surface area contributed by atoms with Crippen LogP contribution in [-0.4, -0.2) is 38.0 Å². The molecule has 1 unspecified atom stereocenters. The van der Waals surface area contributed by atoms with Crippen molar-refractivity contribution in [3.63, 3.8) is 0 Å². The number of carbonyl (C=O) groups excluding carboxylic acids is 1. The molecule has 0 saturated carbocycles. The van der Waals surface area contributed by atoms with Gasteiger partial charge >= 0.3 is 5.97 Å². The average molecular weight is 310 g/mol. The molecule has 6 heteroatoms. The van der Waals surface area contributed by atoms with Crippen molar-refractivity contribution in [2.45, 2.75) is 19.4 Å². The molecule has 0 heterocycles. The van der Waals surface area contributed by atoms with E-state index in [1.165, 1.54) is 7.11 Å². The van der Waals surface area contributed by atoms with Gasteiger partial charge in [-0.1, -0.05) is 30.3 Å². The summed E-state index contributed by atoms with van der Waals surface area (Å²) in [4.78, 5) is 11.9. The average Bonchev–Trinajstić information content (AvgIpc) is 2.52. The fourth-order valence-corrected chi connectivity index (χ4v) is 1.96. The number of hydrogen-bond acceptors (Lipinski definition) is 4. The van der Waals surface area contributed by atoms with Crippen molar-refractivity contribution < 1.29 is 14.3 Å². The summed E-state index contributed by atoms with van der Waals surface area (Å²) in [7, 11) is 1.36. The summed E-state index contributed by atoms with van der Waals surface area (Å²) >= 11 is 5.20. The van der Waals surface area contributed by atoms with Crippen LogP contribution in [-0.2, 0) is 14.3 Å². The zero-order valence-corrected chi connectivity index (χ0v) is 13.2. The van der Waals surface area contributed by atoms with Crippen LogP contribution in [0.4, 0.5) is 0 Å². The molecule has 0 spiro atoms. The molecule has 116 valence electrons. The Balaban J connectivity index is 2.50. The predicted molar refractivity (Wildman–Crippen MR) is 86.0 cm³/mol. The van der Waals surface area contributed by atoms with Gasteiger partial charge in [-0.15, -0.1) is 0 Å². The lowest BCUT2D eigenvalue weighted by Crippen LogP contribution is -2.41. The Morgan fingerprint density at radius 2 is 2.05 bits per heavy atom. The number of methoxy groups -OCH3 is 1. The Labute approximate surface area is 131 Å². The lowest BCUT2D eigenvalue weighted by atomic mass is 10.1. The van der Waals surface area contributed by atoms with Gasteiger partial charge in [0, 0.05) is 19.8 Å². The van der Waals surface area contributed by atoms with Gasteiger partial charge in [-0.3, -0.25) is 0 Å². The maximum Gasteiger partial charge on any atom is 0.333 e. The van der Waals surface area contributed by atoms with Crippen LogP contribution in [0.3, 0.4) is 0 Å². The monoisotopic (exact) mass is 310 g/mol. The quantitative estimate of drug-likeness (QED) is 0.434. The number of carbonyl (C=O) groups is 1. The van der Waals surface area contributed by atoms with Gasteiger partial charge in [-0.25, -0.2) is 4.79 Å². The molecule has 2 N–H and O–H groups in total. The van der Waals surface area contributed by atoms with Crippen LogP contribution in [0.15, 0.2) is 30.3 Å². The number of hydrogen-bond donors (Lipinski definition) is 2. The molecule has 0 radical (unpaired) electrons. The number of nitrogens with one attached hydrogen (secondary N) is 2. The van der Waals surface area contributed by atoms with E-state index >= 15 is 0 Å². The van der Waals surface area contributed by atoms with Gasteiger partial charge in [0.05, 0.1) is 7.11 Å². The van der Waals surface area contributed by atoms with Gasteiger partial charge in [0.15, 0.2) is 11.2 Å². The first kappa shape index (κ1) is 17.4. The number of ether oxygens (including phenoxy) is 2. The largest absolute Gasteiger partial charge is 0.467 e. The highest BCUT2D eigenvalue weighted by Crippen LogP contribution is 2.13. The Kier molecular flexibility index (Phi) is 8.38. The summed E-state index contributed by atoms with van der Waals surface area (Å²) in [6.45, 7) is 4.04. The van der Waals surface area contributed by atoms with Crippen molar-refractivity contribution in [1.82, 2.24) is 10.6 Å². The molecule has 1 aromatic carbocycles. The van der Waals surface area contributed by atoms with E-state index in [0.29, 0.717) is 24.9 Å². The van der Waals surface area contributed by atoms with E-state index in [1.807, 2.05) is 37.3 Å². The first-order valence-corrected chi connectivity index (χ1v) is 7.34. The topological polar surface area (TPSA) is 59.6 Å². The molecule has 0 aliphatic carbocycles. The Hall–Kier alpha value is -1.66. The minimum Gasteiger partial charge on any atom is -0.467 e. The van der Waals surface area contributed by atoms with Crippen LogP contribution in [0.25, 0.3) is 0 Å². The zero-order valence-electron chi connectivity index (χ0n) is 12.4. The first-order chi connectivity index (χ1) is 10.2. The van der Waals surface area contributed by atoms with Crippen LogP contribution in [0.5, 0.6) is 0 Å². The summed E-state index contributed by atoms with van der Waals surface area (Å²) in [5.74, 6) is -0.375. The van der Waals surface area contributed by atoms with Crippen LogP contribution in [0, 0.1) is 0 Å². The number of esters is 1.